The molecule has 0 aromatic rings. The van der Waals surface area contributed by atoms with Gasteiger partial charge in [-0.15, -0.1) is 0 Å². The Morgan fingerprint density at radius 2 is 0.714 bits per heavy atom. The molecule has 0 spiro atoms. The second-order valence-electron chi connectivity index (χ2n) is 1.56. The number of aliphatic carboxylic acids is 3. The molecule has 0 bridgehead atoms. The molecule has 0 aromatic carbocycles. The zero-order valence-electron chi connectivity index (χ0n) is 7.83. The van der Waals surface area contributed by atoms with Crippen molar-refractivity contribution in [2.45, 2.75) is 20.8 Å². The molecule has 14 heavy (non-hydrogen) atoms. The topological polar surface area (TPSA) is 143 Å². The van der Waals surface area contributed by atoms with Crippen molar-refractivity contribution in [1.82, 2.24) is 0 Å². The summed E-state index contributed by atoms with van der Waals surface area (Å²) < 4.78 is 0. The van der Waals surface area contributed by atoms with Gasteiger partial charge in [-0.05, 0) is 0 Å². The van der Waals surface area contributed by atoms with Crippen LogP contribution < -0.4 is 0 Å². The Bertz CT molecular complexity index is 116. The SMILES string of the molecule is CC(=O)O.CC(=O)O.CC(=O)O.O.[Yb]. The normalized spacial score (nSPS) is 5.36. The summed E-state index contributed by atoms with van der Waals surface area (Å²) >= 11 is 0. The zero-order valence-corrected chi connectivity index (χ0v) is 9.55. The van der Waals surface area contributed by atoms with Crippen molar-refractivity contribution in [1.29, 1.82) is 0 Å². The fourth-order valence-corrected chi connectivity index (χ4v) is 0. The number of carboxylic acids is 3. The van der Waals surface area contributed by atoms with E-state index in [-0.39, 0.29) is 52.4 Å². The van der Waals surface area contributed by atoms with Crippen molar-refractivity contribution < 1.29 is 82.1 Å². The molecule has 0 aromatic heterocycles. The summed E-state index contributed by atoms with van der Waals surface area (Å²) in [6.07, 6.45) is 0. The fraction of sp³-hybridized carbons (Fsp3) is 0.500. The average Bonchev–Trinajstić information content (AvgIpc) is 1.54. The number of carbonyl (C=O) groups is 3. The van der Waals surface area contributed by atoms with Gasteiger partial charge in [-0.3, -0.25) is 14.4 Å². The Hall–Kier alpha value is -0.111. The van der Waals surface area contributed by atoms with Crippen molar-refractivity contribution in [2.24, 2.45) is 0 Å². The van der Waals surface area contributed by atoms with Gasteiger partial charge in [0.05, 0.1) is 0 Å². The molecule has 0 atom stereocenters. The summed E-state index contributed by atoms with van der Waals surface area (Å²) in [6, 6.07) is 0. The van der Waals surface area contributed by atoms with Gasteiger partial charge in [0.1, 0.15) is 0 Å². The second-order valence-corrected chi connectivity index (χ2v) is 1.56. The number of hydrogen-bond donors (Lipinski definition) is 3. The monoisotopic (exact) mass is 372 g/mol. The van der Waals surface area contributed by atoms with E-state index in [1.807, 2.05) is 0 Å². The Kier molecular flexibility index (Phi) is 48.1. The van der Waals surface area contributed by atoms with Gasteiger partial charge in [-0.2, -0.15) is 0 Å². The maximum absolute atomic E-state index is 9.00. The predicted octanol–water partition coefficient (Wildman–Crippen LogP) is -0.552. The van der Waals surface area contributed by atoms with E-state index in [2.05, 4.69) is 0 Å². The molecule has 0 radical (unpaired) electrons. The number of hydrogen-bond acceptors (Lipinski definition) is 3. The summed E-state index contributed by atoms with van der Waals surface area (Å²) in [5.74, 6) is -2.50. The van der Waals surface area contributed by atoms with Crippen LogP contribution in [0.3, 0.4) is 0 Å². The molecular weight excluding hydrogens is 357 g/mol. The van der Waals surface area contributed by atoms with Gasteiger partial charge in [-0.1, -0.05) is 0 Å². The maximum Gasteiger partial charge on any atom is 0.300 e. The summed E-state index contributed by atoms with van der Waals surface area (Å²) in [5.41, 5.74) is 0. The number of rotatable bonds is 0. The van der Waals surface area contributed by atoms with E-state index >= 15 is 0 Å². The molecule has 0 saturated carbocycles. The van der Waals surface area contributed by atoms with Gasteiger partial charge in [0.25, 0.3) is 17.9 Å². The Morgan fingerprint density at radius 3 is 0.714 bits per heavy atom. The van der Waals surface area contributed by atoms with Gasteiger partial charge in [-0.25, -0.2) is 0 Å². The van der Waals surface area contributed by atoms with Crippen molar-refractivity contribution in [3.8, 4) is 0 Å². The summed E-state index contributed by atoms with van der Waals surface area (Å²) in [6.45, 7) is 3.25. The maximum atomic E-state index is 9.00. The first-order valence-corrected chi connectivity index (χ1v) is 2.78. The van der Waals surface area contributed by atoms with Crippen LogP contribution in [0.5, 0.6) is 0 Å². The third-order valence-corrected chi connectivity index (χ3v) is 0. The molecule has 5 N–H and O–H groups in total. The molecule has 0 rings (SSSR count). The molecule has 94 valence electrons. The summed E-state index contributed by atoms with van der Waals surface area (Å²) in [5, 5.41) is 22.2. The van der Waals surface area contributed by atoms with E-state index < -0.39 is 17.9 Å². The first kappa shape index (κ1) is 29.2. The summed E-state index contributed by atoms with van der Waals surface area (Å²) in [4.78, 5) is 27.0. The van der Waals surface area contributed by atoms with Crippen LogP contribution >= 0.6 is 0 Å². The van der Waals surface area contributed by atoms with Gasteiger partial charge in [0.2, 0.25) is 0 Å². The number of carboxylic acid groups (broad SMARTS) is 3. The van der Waals surface area contributed by atoms with Gasteiger partial charge in [0.15, 0.2) is 0 Å². The van der Waals surface area contributed by atoms with Crippen molar-refractivity contribution in [2.75, 3.05) is 0 Å². The quantitative estimate of drug-likeness (QED) is 0.521. The van der Waals surface area contributed by atoms with Crippen molar-refractivity contribution in [3.63, 3.8) is 0 Å². The van der Waals surface area contributed by atoms with Crippen LogP contribution in [-0.2, 0) is 14.4 Å². The Balaban J connectivity index is -0.0000000270. The molecule has 0 aliphatic heterocycles. The zero-order chi connectivity index (χ0) is 10.7. The molecule has 8 heteroatoms. The van der Waals surface area contributed by atoms with Crippen LogP contribution in [0.25, 0.3) is 0 Å². The summed E-state index contributed by atoms with van der Waals surface area (Å²) in [7, 11) is 0. The van der Waals surface area contributed by atoms with Crippen LogP contribution in [0.1, 0.15) is 20.8 Å². The van der Waals surface area contributed by atoms with Gasteiger partial charge in [0, 0.05) is 67.7 Å². The van der Waals surface area contributed by atoms with Gasteiger partial charge >= 0.3 is 0 Å². The van der Waals surface area contributed by atoms with Crippen LogP contribution in [0.2, 0.25) is 0 Å². The molecule has 0 saturated heterocycles. The first-order chi connectivity index (χ1) is 5.20. The van der Waals surface area contributed by atoms with Crippen LogP contribution in [-0.4, -0.2) is 38.7 Å². The first-order valence-electron chi connectivity index (χ1n) is 2.78. The Morgan fingerprint density at radius 1 is 0.714 bits per heavy atom. The van der Waals surface area contributed by atoms with Gasteiger partial charge < -0.3 is 20.8 Å². The predicted molar refractivity (Wildman–Crippen MR) is 43.5 cm³/mol. The molecule has 0 unspecified atom stereocenters. The standard InChI is InChI=1S/3C2H4O2.H2O.Yb/c3*1-2(3)4;;/h3*1H3,(H,3,4);1H2;. The Labute approximate surface area is 120 Å². The molecule has 0 fully saturated rings. The van der Waals surface area contributed by atoms with E-state index in [4.69, 9.17) is 29.7 Å². The minimum atomic E-state index is -0.833. The third-order valence-electron chi connectivity index (χ3n) is 0. The van der Waals surface area contributed by atoms with E-state index in [0.29, 0.717) is 0 Å². The second kappa shape index (κ2) is 23.1. The smallest absolute Gasteiger partial charge is 0.300 e. The third kappa shape index (κ3) is 115000. The largest absolute Gasteiger partial charge is 0.481 e. The molecule has 0 amide bonds. The molecular formula is C6H14O7Yb. The molecule has 0 heterocycles. The molecule has 0 aliphatic carbocycles. The van der Waals surface area contributed by atoms with Crippen molar-refractivity contribution >= 4 is 17.9 Å². The average molecular weight is 371 g/mol. The van der Waals surface area contributed by atoms with E-state index in [9.17, 15) is 0 Å². The van der Waals surface area contributed by atoms with Crippen molar-refractivity contribution in [3.05, 3.63) is 0 Å². The fourth-order valence-electron chi connectivity index (χ4n) is 0. The van der Waals surface area contributed by atoms with E-state index in [1.165, 1.54) is 0 Å². The van der Waals surface area contributed by atoms with Crippen LogP contribution in [0.15, 0.2) is 0 Å². The minimum absolute atomic E-state index is 0. The van der Waals surface area contributed by atoms with Crippen LogP contribution in [0, 0.1) is 46.9 Å². The van der Waals surface area contributed by atoms with Crippen LogP contribution in [0.4, 0.5) is 0 Å². The molecule has 7 nitrogen and oxygen atoms in total. The molecule has 0 aliphatic rings. The van der Waals surface area contributed by atoms with E-state index in [1.54, 1.807) is 0 Å². The minimum Gasteiger partial charge on any atom is -0.481 e. The van der Waals surface area contributed by atoms with E-state index in [0.717, 1.165) is 20.8 Å².